The average Bonchev–Trinajstić information content (AvgIpc) is 2.66. The zero-order valence-electron chi connectivity index (χ0n) is 15.0. The Kier molecular flexibility index (Phi) is 7.19. The molecule has 0 radical (unpaired) electrons. The number of likely N-dealkylation sites (N-methyl/N-ethyl adjacent to an activating group) is 1. The highest BCUT2D eigenvalue weighted by Gasteiger charge is 2.16. The van der Waals surface area contributed by atoms with Crippen LogP contribution in [-0.4, -0.2) is 49.9 Å². The SMILES string of the molecule is COc1cccc(NC(=O)CN(C)C(=O)CNC(=O)c2ccccc2Cl)c1. The second-order valence-corrected chi connectivity index (χ2v) is 6.10. The van der Waals surface area contributed by atoms with E-state index in [-0.39, 0.29) is 24.6 Å². The van der Waals surface area contributed by atoms with Gasteiger partial charge in [-0.05, 0) is 24.3 Å². The summed E-state index contributed by atoms with van der Waals surface area (Å²) >= 11 is 5.95. The predicted octanol–water partition coefficient (Wildman–Crippen LogP) is 2.18. The molecule has 8 heteroatoms. The molecule has 2 aromatic rings. The van der Waals surface area contributed by atoms with Crippen LogP contribution in [0.1, 0.15) is 10.4 Å². The molecule has 0 aromatic heterocycles. The van der Waals surface area contributed by atoms with Crippen molar-refractivity contribution in [2.75, 3.05) is 32.6 Å². The summed E-state index contributed by atoms with van der Waals surface area (Å²) in [5.74, 6) is -0.615. The number of carbonyl (C=O) groups is 3. The van der Waals surface area contributed by atoms with Gasteiger partial charge in [-0.1, -0.05) is 29.8 Å². The molecule has 0 saturated heterocycles. The smallest absolute Gasteiger partial charge is 0.253 e. The predicted molar refractivity (Wildman–Crippen MR) is 103 cm³/mol. The van der Waals surface area contributed by atoms with E-state index in [0.717, 1.165) is 0 Å². The zero-order chi connectivity index (χ0) is 19.8. The Labute approximate surface area is 162 Å². The van der Waals surface area contributed by atoms with Gasteiger partial charge in [-0.2, -0.15) is 0 Å². The summed E-state index contributed by atoms with van der Waals surface area (Å²) in [4.78, 5) is 37.5. The van der Waals surface area contributed by atoms with Crippen LogP contribution in [0.25, 0.3) is 0 Å². The van der Waals surface area contributed by atoms with Crippen molar-refractivity contribution in [2.24, 2.45) is 0 Å². The number of benzene rings is 2. The minimum Gasteiger partial charge on any atom is -0.497 e. The van der Waals surface area contributed by atoms with Crippen molar-refractivity contribution in [2.45, 2.75) is 0 Å². The Morgan fingerprint density at radius 3 is 2.56 bits per heavy atom. The molecular weight excluding hydrogens is 370 g/mol. The first-order chi connectivity index (χ1) is 12.9. The quantitative estimate of drug-likeness (QED) is 0.759. The molecule has 0 saturated carbocycles. The Bertz CT molecular complexity index is 841. The molecule has 2 rings (SSSR count). The van der Waals surface area contributed by atoms with Gasteiger partial charge < -0.3 is 20.3 Å². The van der Waals surface area contributed by atoms with Crippen molar-refractivity contribution in [1.29, 1.82) is 0 Å². The molecular formula is C19H20ClN3O4. The fraction of sp³-hybridized carbons (Fsp3) is 0.211. The molecule has 0 fully saturated rings. The highest BCUT2D eigenvalue weighted by molar-refractivity contribution is 6.33. The van der Waals surface area contributed by atoms with Crippen molar-refractivity contribution in [3.8, 4) is 5.75 Å². The Balaban J connectivity index is 1.83. The van der Waals surface area contributed by atoms with Gasteiger partial charge in [0.15, 0.2) is 0 Å². The van der Waals surface area contributed by atoms with Crippen LogP contribution in [0.3, 0.4) is 0 Å². The fourth-order valence-electron chi connectivity index (χ4n) is 2.24. The van der Waals surface area contributed by atoms with E-state index in [1.807, 2.05) is 0 Å². The molecule has 0 aliphatic heterocycles. The number of anilines is 1. The molecule has 2 N–H and O–H groups in total. The molecule has 3 amide bonds. The standard InChI is InChI=1S/C19H20ClN3O4/c1-23(12-17(24)22-13-6-5-7-14(10-13)27-2)18(25)11-21-19(26)15-8-3-4-9-16(15)20/h3-10H,11-12H2,1-2H3,(H,21,26)(H,22,24). The summed E-state index contributed by atoms with van der Waals surface area (Å²) in [6, 6.07) is 13.4. The van der Waals surface area contributed by atoms with E-state index in [4.69, 9.17) is 16.3 Å². The van der Waals surface area contributed by atoms with E-state index in [9.17, 15) is 14.4 Å². The Morgan fingerprint density at radius 2 is 1.85 bits per heavy atom. The average molecular weight is 390 g/mol. The highest BCUT2D eigenvalue weighted by Crippen LogP contribution is 2.16. The van der Waals surface area contributed by atoms with Crippen LogP contribution in [0, 0.1) is 0 Å². The number of methoxy groups -OCH3 is 1. The third kappa shape index (κ3) is 6.00. The monoisotopic (exact) mass is 389 g/mol. The van der Waals surface area contributed by atoms with E-state index >= 15 is 0 Å². The Hall–Kier alpha value is -3.06. The van der Waals surface area contributed by atoms with Crippen molar-refractivity contribution in [3.63, 3.8) is 0 Å². The molecule has 0 bridgehead atoms. The van der Waals surface area contributed by atoms with Gasteiger partial charge in [0, 0.05) is 18.8 Å². The molecule has 0 spiro atoms. The molecule has 0 aliphatic rings. The fourth-order valence-corrected chi connectivity index (χ4v) is 2.46. The molecule has 0 aliphatic carbocycles. The van der Waals surface area contributed by atoms with Gasteiger partial charge in [0.25, 0.3) is 5.91 Å². The van der Waals surface area contributed by atoms with Crippen LogP contribution in [0.15, 0.2) is 48.5 Å². The second kappa shape index (κ2) is 9.59. The summed E-state index contributed by atoms with van der Waals surface area (Å²) in [7, 11) is 3.01. The minimum atomic E-state index is -0.455. The van der Waals surface area contributed by atoms with Crippen molar-refractivity contribution in [3.05, 3.63) is 59.1 Å². The number of rotatable bonds is 7. The lowest BCUT2D eigenvalue weighted by molar-refractivity contribution is -0.132. The van der Waals surface area contributed by atoms with Crippen LogP contribution in [0.2, 0.25) is 5.02 Å². The molecule has 2 aromatic carbocycles. The Morgan fingerprint density at radius 1 is 1.11 bits per heavy atom. The summed E-state index contributed by atoms with van der Waals surface area (Å²) < 4.78 is 5.09. The van der Waals surface area contributed by atoms with Gasteiger partial charge in [0.1, 0.15) is 5.75 Å². The highest BCUT2D eigenvalue weighted by atomic mass is 35.5. The molecule has 7 nitrogen and oxygen atoms in total. The first-order valence-electron chi connectivity index (χ1n) is 8.11. The number of nitrogens with zero attached hydrogens (tertiary/aromatic N) is 1. The lowest BCUT2D eigenvalue weighted by Crippen LogP contribution is -2.41. The van der Waals surface area contributed by atoms with E-state index in [1.165, 1.54) is 19.1 Å². The van der Waals surface area contributed by atoms with Gasteiger partial charge in [-0.3, -0.25) is 14.4 Å². The third-order valence-electron chi connectivity index (χ3n) is 3.68. The van der Waals surface area contributed by atoms with E-state index < -0.39 is 11.8 Å². The first kappa shape index (κ1) is 20.3. The van der Waals surface area contributed by atoms with Crippen LogP contribution in [-0.2, 0) is 9.59 Å². The van der Waals surface area contributed by atoms with Crippen LogP contribution in [0.4, 0.5) is 5.69 Å². The lowest BCUT2D eigenvalue weighted by Gasteiger charge is -2.17. The number of hydrogen-bond donors (Lipinski definition) is 2. The van der Waals surface area contributed by atoms with Crippen molar-refractivity contribution in [1.82, 2.24) is 10.2 Å². The van der Waals surface area contributed by atoms with Gasteiger partial charge in [0.2, 0.25) is 11.8 Å². The van der Waals surface area contributed by atoms with Gasteiger partial charge in [0.05, 0.1) is 30.8 Å². The van der Waals surface area contributed by atoms with Crippen LogP contribution < -0.4 is 15.4 Å². The summed E-state index contributed by atoms with van der Waals surface area (Å²) in [5, 5.41) is 5.48. The first-order valence-corrected chi connectivity index (χ1v) is 8.49. The molecule has 27 heavy (non-hydrogen) atoms. The largest absolute Gasteiger partial charge is 0.497 e. The lowest BCUT2D eigenvalue weighted by atomic mass is 10.2. The van der Waals surface area contributed by atoms with E-state index in [1.54, 1.807) is 48.5 Å². The molecule has 0 unspecified atom stereocenters. The van der Waals surface area contributed by atoms with E-state index in [0.29, 0.717) is 16.5 Å². The zero-order valence-corrected chi connectivity index (χ0v) is 15.7. The van der Waals surface area contributed by atoms with Crippen molar-refractivity contribution >= 4 is 35.0 Å². The topological polar surface area (TPSA) is 87.7 Å². The van der Waals surface area contributed by atoms with Gasteiger partial charge >= 0.3 is 0 Å². The van der Waals surface area contributed by atoms with Gasteiger partial charge in [-0.25, -0.2) is 0 Å². The second-order valence-electron chi connectivity index (χ2n) is 5.69. The number of halogens is 1. The number of nitrogens with one attached hydrogen (secondary N) is 2. The van der Waals surface area contributed by atoms with E-state index in [2.05, 4.69) is 10.6 Å². The number of carbonyl (C=O) groups excluding carboxylic acids is 3. The summed E-state index contributed by atoms with van der Waals surface area (Å²) in [6.07, 6.45) is 0. The summed E-state index contributed by atoms with van der Waals surface area (Å²) in [5.41, 5.74) is 0.845. The van der Waals surface area contributed by atoms with Gasteiger partial charge in [-0.15, -0.1) is 0 Å². The molecule has 142 valence electrons. The maximum absolute atomic E-state index is 12.1. The number of hydrogen-bond acceptors (Lipinski definition) is 4. The maximum Gasteiger partial charge on any atom is 0.253 e. The number of ether oxygens (including phenoxy) is 1. The van der Waals surface area contributed by atoms with Crippen LogP contribution in [0.5, 0.6) is 5.75 Å². The van der Waals surface area contributed by atoms with Crippen LogP contribution >= 0.6 is 11.6 Å². The minimum absolute atomic E-state index is 0.155. The molecule has 0 heterocycles. The number of amides is 3. The normalized spacial score (nSPS) is 10.0. The summed E-state index contributed by atoms with van der Waals surface area (Å²) in [6.45, 7) is -0.398. The van der Waals surface area contributed by atoms with Crippen molar-refractivity contribution < 1.29 is 19.1 Å². The maximum atomic E-state index is 12.1. The molecule has 0 atom stereocenters. The third-order valence-corrected chi connectivity index (χ3v) is 4.01.